The lowest BCUT2D eigenvalue weighted by Gasteiger charge is -2.11. The molecule has 0 saturated carbocycles. The Morgan fingerprint density at radius 1 is 1.13 bits per heavy atom. The van der Waals surface area contributed by atoms with Crippen LogP contribution in [0.4, 0.5) is 13.2 Å². The average Bonchev–Trinajstić information content (AvgIpc) is 2.50. The van der Waals surface area contributed by atoms with Gasteiger partial charge in [0.1, 0.15) is 5.75 Å². The number of aromatic nitrogens is 2. The van der Waals surface area contributed by atoms with Gasteiger partial charge in [0.15, 0.2) is 5.65 Å². The highest BCUT2D eigenvalue weighted by molar-refractivity contribution is 9.10. The molecule has 0 spiro atoms. The molecule has 0 bridgehead atoms. The molecular formula is C15H8BrF3N2O2. The van der Waals surface area contributed by atoms with Gasteiger partial charge in [0.25, 0.3) is 5.56 Å². The van der Waals surface area contributed by atoms with Crippen LogP contribution >= 0.6 is 15.9 Å². The van der Waals surface area contributed by atoms with Crippen molar-refractivity contribution in [2.24, 2.45) is 0 Å². The van der Waals surface area contributed by atoms with E-state index in [1.54, 1.807) is 0 Å². The molecule has 23 heavy (non-hydrogen) atoms. The fourth-order valence-electron chi connectivity index (χ4n) is 2.15. The molecule has 0 saturated heterocycles. The van der Waals surface area contributed by atoms with Crippen molar-refractivity contribution in [2.45, 2.75) is 6.61 Å². The van der Waals surface area contributed by atoms with Crippen LogP contribution in [0.5, 0.6) is 5.75 Å². The molecule has 0 aliphatic heterocycles. The second kappa shape index (κ2) is 6.04. The van der Waals surface area contributed by atoms with Crippen LogP contribution in [0.3, 0.4) is 0 Å². The Kier molecular flexibility index (Phi) is 4.08. The molecule has 0 amide bonds. The molecule has 2 heterocycles. The lowest BCUT2D eigenvalue weighted by Crippen LogP contribution is -2.20. The van der Waals surface area contributed by atoms with E-state index in [4.69, 9.17) is 0 Å². The van der Waals surface area contributed by atoms with Gasteiger partial charge >= 0.3 is 6.61 Å². The van der Waals surface area contributed by atoms with Gasteiger partial charge in [-0.3, -0.25) is 9.36 Å². The van der Waals surface area contributed by atoms with Crippen molar-refractivity contribution >= 4 is 27.0 Å². The Morgan fingerprint density at radius 3 is 2.48 bits per heavy atom. The van der Waals surface area contributed by atoms with Crippen molar-refractivity contribution in [3.8, 4) is 11.4 Å². The van der Waals surface area contributed by atoms with E-state index in [0.717, 1.165) is 0 Å². The normalized spacial score (nSPS) is 11.2. The highest BCUT2D eigenvalue weighted by atomic mass is 79.9. The van der Waals surface area contributed by atoms with Crippen molar-refractivity contribution in [2.75, 3.05) is 0 Å². The van der Waals surface area contributed by atoms with Crippen molar-refractivity contribution in [3.63, 3.8) is 0 Å². The number of halogens is 4. The molecule has 0 aliphatic rings. The molecule has 0 fully saturated rings. The summed E-state index contributed by atoms with van der Waals surface area (Å²) in [5, 5.41) is 0.547. The molecule has 0 aliphatic carbocycles. The van der Waals surface area contributed by atoms with Gasteiger partial charge < -0.3 is 4.74 Å². The number of hydrogen-bond donors (Lipinski definition) is 0. The van der Waals surface area contributed by atoms with Crippen LogP contribution in [0.15, 0.2) is 51.7 Å². The first-order valence-corrected chi connectivity index (χ1v) is 7.18. The third-order valence-electron chi connectivity index (χ3n) is 3.09. The minimum absolute atomic E-state index is 0.0461. The second-order valence-electron chi connectivity index (χ2n) is 4.55. The molecule has 8 heteroatoms. The zero-order valence-electron chi connectivity index (χ0n) is 11.3. The van der Waals surface area contributed by atoms with Crippen molar-refractivity contribution in [3.05, 3.63) is 63.2 Å². The highest BCUT2D eigenvalue weighted by Crippen LogP contribution is 2.21. The Bertz CT molecular complexity index is 926. The van der Waals surface area contributed by atoms with Gasteiger partial charge in [-0.05, 0) is 58.4 Å². The minimum atomic E-state index is -2.94. The van der Waals surface area contributed by atoms with Crippen LogP contribution in [0, 0.1) is 5.95 Å². The topological polar surface area (TPSA) is 44.1 Å². The quantitative estimate of drug-likeness (QED) is 0.643. The SMILES string of the molecule is O=c1c(Br)cc2ccc(F)nc2n1-c1ccc(OC(F)F)cc1. The van der Waals surface area contributed by atoms with Crippen LogP contribution < -0.4 is 10.3 Å². The fourth-order valence-corrected chi connectivity index (χ4v) is 2.57. The number of alkyl halides is 2. The first-order valence-electron chi connectivity index (χ1n) is 6.39. The van der Waals surface area contributed by atoms with Crippen LogP contribution in [0.25, 0.3) is 16.7 Å². The van der Waals surface area contributed by atoms with Crippen LogP contribution in [0.1, 0.15) is 0 Å². The predicted molar refractivity (Wildman–Crippen MR) is 81.6 cm³/mol. The molecule has 0 N–H and O–H groups in total. The molecule has 0 atom stereocenters. The van der Waals surface area contributed by atoms with Gasteiger partial charge in [-0.15, -0.1) is 0 Å². The molecule has 0 unspecified atom stereocenters. The Labute approximate surface area is 136 Å². The molecule has 3 aromatic rings. The number of hydrogen-bond acceptors (Lipinski definition) is 3. The summed E-state index contributed by atoms with van der Waals surface area (Å²) in [5.74, 6) is -0.777. The van der Waals surface area contributed by atoms with Gasteiger partial charge in [0.05, 0.1) is 10.2 Å². The summed E-state index contributed by atoms with van der Waals surface area (Å²) in [6.45, 7) is -2.94. The lowest BCUT2D eigenvalue weighted by atomic mass is 10.2. The van der Waals surface area contributed by atoms with Gasteiger partial charge in [-0.25, -0.2) is 4.98 Å². The van der Waals surface area contributed by atoms with Crippen LogP contribution in [0.2, 0.25) is 0 Å². The monoisotopic (exact) mass is 384 g/mol. The van der Waals surface area contributed by atoms with Crippen molar-refractivity contribution < 1.29 is 17.9 Å². The summed E-state index contributed by atoms with van der Waals surface area (Å²) in [6.07, 6.45) is 0. The maximum atomic E-state index is 13.4. The van der Waals surface area contributed by atoms with E-state index < -0.39 is 18.1 Å². The van der Waals surface area contributed by atoms with Crippen molar-refractivity contribution in [1.82, 2.24) is 9.55 Å². The minimum Gasteiger partial charge on any atom is -0.435 e. The zero-order valence-corrected chi connectivity index (χ0v) is 12.9. The second-order valence-corrected chi connectivity index (χ2v) is 5.41. The van der Waals surface area contributed by atoms with Gasteiger partial charge in [-0.1, -0.05) is 0 Å². The van der Waals surface area contributed by atoms with Gasteiger partial charge in [-0.2, -0.15) is 13.2 Å². The standard InChI is InChI=1S/C15H8BrF3N2O2/c16-11-7-8-1-6-12(17)20-13(8)21(14(11)22)9-2-4-10(5-3-9)23-15(18)19/h1-7,15H. The Morgan fingerprint density at radius 2 is 1.83 bits per heavy atom. The number of rotatable bonds is 3. The maximum absolute atomic E-state index is 13.4. The number of fused-ring (bicyclic) bond motifs is 1. The third kappa shape index (κ3) is 3.07. The number of pyridine rings is 2. The van der Waals surface area contributed by atoms with Crippen molar-refractivity contribution in [1.29, 1.82) is 0 Å². The first kappa shape index (κ1) is 15.5. The summed E-state index contributed by atoms with van der Waals surface area (Å²) in [6, 6.07) is 9.62. The van der Waals surface area contributed by atoms with Crippen LogP contribution in [-0.4, -0.2) is 16.2 Å². The molecule has 1 aromatic carbocycles. The molecular weight excluding hydrogens is 377 g/mol. The molecule has 2 aromatic heterocycles. The maximum Gasteiger partial charge on any atom is 0.387 e. The summed E-state index contributed by atoms with van der Waals surface area (Å²) in [7, 11) is 0. The largest absolute Gasteiger partial charge is 0.435 e. The van der Waals surface area contributed by atoms with E-state index in [0.29, 0.717) is 11.1 Å². The average molecular weight is 385 g/mol. The summed E-state index contributed by atoms with van der Waals surface area (Å²) >= 11 is 3.15. The molecule has 0 radical (unpaired) electrons. The van der Waals surface area contributed by atoms with E-state index in [9.17, 15) is 18.0 Å². The predicted octanol–water partition coefficient (Wildman–Crippen LogP) is 3.89. The summed E-state index contributed by atoms with van der Waals surface area (Å²) < 4.78 is 43.5. The molecule has 3 rings (SSSR count). The zero-order chi connectivity index (χ0) is 16.6. The molecule has 118 valence electrons. The summed E-state index contributed by atoms with van der Waals surface area (Å²) in [4.78, 5) is 16.1. The lowest BCUT2D eigenvalue weighted by molar-refractivity contribution is -0.0498. The fraction of sp³-hybridized carbons (Fsp3) is 0.0667. The number of nitrogens with zero attached hydrogens (tertiary/aromatic N) is 2. The van der Waals surface area contributed by atoms with E-state index in [1.165, 1.54) is 47.0 Å². The Balaban J connectivity index is 2.20. The van der Waals surface area contributed by atoms with Gasteiger partial charge in [0.2, 0.25) is 5.95 Å². The highest BCUT2D eigenvalue weighted by Gasteiger charge is 2.12. The number of ether oxygens (including phenoxy) is 1. The molecule has 4 nitrogen and oxygen atoms in total. The van der Waals surface area contributed by atoms with Crippen LogP contribution in [-0.2, 0) is 0 Å². The summed E-state index contributed by atoms with van der Waals surface area (Å²) in [5.41, 5.74) is 0.0277. The van der Waals surface area contributed by atoms with E-state index in [-0.39, 0.29) is 15.9 Å². The van der Waals surface area contributed by atoms with E-state index >= 15 is 0 Å². The first-order chi connectivity index (χ1) is 11.0. The van der Waals surface area contributed by atoms with E-state index in [2.05, 4.69) is 25.7 Å². The van der Waals surface area contributed by atoms with E-state index in [1.807, 2.05) is 0 Å². The Hall–Kier alpha value is -2.35. The smallest absolute Gasteiger partial charge is 0.387 e. The number of benzene rings is 1. The van der Waals surface area contributed by atoms with Gasteiger partial charge in [0, 0.05) is 5.39 Å². The third-order valence-corrected chi connectivity index (χ3v) is 3.66.